The van der Waals surface area contributed by atoms with Crippen LogP contribution in [-0.2, 0) is 16.1 Å². The van der Waals surface area contributed by atoms with E-state index in [0.29, 0.717) is 17.1 Å². The molecule has 1 N–H and O–H groups in total. The van der Waals surface area contributed by atoms with Crippen molar-refractivity contribution in [3.63, 3.8) is 0 Å². The molecule has 0 fully saturated rings. The molecular weight excluding hydrogens is 290 g/mol. The molecule has 0 heterocycles. The van der Waals surface area contributed by atoms with Crippen molar-refractivity contribution in [2.45, 2.75) is 6.54 Å². The van der Waals surface area contributed by atoms with Gasteiger partial charge in [-0.1, -0.05) is 41.9 Å². The van der Waals surface area contributed by atoms with Crippen LogP contribution >= 0.6 is 11.6 Å². The van der Waals surface area contributed by atoms with E-state index in [4.69, 9.17) is 16.3 Å². The molecule has 0 aliphatic rings. The highest BCUT2D eigenvalue weighted by Gasteiger charge is 2.09. The van der Waals surface area contributed by atoms with E-state index in [1.807, 2.05) is 30.3 Å². The molecule has 108 valence electrons. The highest BCUT2D eigenvalue weighted by Crippen LogP contribution is 2.10. The Balaban J connectivity index is 1.76. The van der Waals surface area contributed by atoms with Crippen LogP contribution in [0.4, 0.5) is 0 Å². The zero-order valence-electron chi connectivity index (χ0n) is 11.2. The average molecular weight is 304 g/mol. The lowest BCUT2D eigenvalue weighted by Gasteiger charge is -2.06. The van der Waals surface area contributed by atoms with Gasteiger partial charge in [0.25, 0.3) is 5.91 Å². The Morgan fingerprint density at radius 3 is 2.33 bits per heavy atom. The number of amides is 1. The molecule has 0 radical (unpaired) electrons. The summed E-state index contributed by atoms with van der Waals surface area (Å²) in [6.45, 7) is 0.0897. The summed E-state index contributed by atoms with van der Waals surface area (Å²) in [5.74, 6) is -0.900. The van der Waals surface area contributed by atoms with Crippen molar-refractivity contribution < 1.29 is 14.3 Å². The van der Waals surface area contributed by atoms with Gasteiger partial charge in [0, 0.05) is 11.6 Å². The molecule has 5 heteroatoms. The van der Waals surface area contributed by atoms with Crippen molar-refractivity contribution in [2.24, 2.45) is 0 Å². The second kappa shape index (κ2) is 7.45. The Morgan fingerprint density at radius 2 is 1.67 bits per heavy atom. The van der Waals surface area contributed by atoms with Gasteiger partial charge < -0.3 is 10.1 Å². The monoisotopic (exact) mass is 303 g/mol. The third kappa shape index (κ3) is 4.93. The number of rotatable bonds is 5. The molecule has 2 aromatic rings. The Bertz CT molecular complexity index is 611. The van der Waals surface area contributed by atoms with Crippen LogP contribution in [0.2, 0.25) is 5.02 Å². The van der Waals surface area contributed by atoms with Crippen LogP contribution in [0.25, 0.3) is 0 Å². The molecule has 0 aliphatic heterocycles. The van der Waals surface area contributed by atoms with Gasteiger partial charge in [-0.3, -0.25) is 4.79 Å². The first-order valence-corrected chi connectivity index (χ1v) is 6.76. The lowest BCUT2D eigenvalue weighted by Crippen LogP contribution is -2.28. The zero-order chi connectivity index (χ0) is 15.1. The first kappa shape index (κ1) is 15.1. The molecule has 1 amide bonds. The fourth-order valence-corrected chi connectivity index (χ4v) is 1.77. The molecule has 2 rings (SSSR count). The average Bonchev–Trinajstić information content (AvgIpc) is 2.52. The smallest absolute Gasteiger partial charge is 0.338 e. The second-order valence-corrected chi connectivity index (χ2v) is 4.78. The Hall–Kier alpha value is -2.33. The van der Waals surface area contributed by atoms with E-state index >= 15 is 0 Å². The summed E-state index contributed by atoms with van der Waals surface area (Å²) in [5, 5.41) is 3.21. The Morgan fingerprint density at radius 1 is 1.00 bits per heavy atom. The number of hydrogen-bond donors (Lipinski definition) is 1. The summed E-state index contributed by atoms with van der Waals surface area (Å²) in [5.41, 5.74) is 1.34. The lowest BCUT2D eigenvalue weighted by atomic mass is 10.2. The fourth-order valence-electron chi connectivity index (χ4n) is 1.65. The van der Waals surface area contributed by atoms with Gasteiger partial charge >= 0.3 is 5.97 Å². The van der Waals surface area contributed by atoms with Crippen molar-refractivity contribution >= 4 is 23.5 Å². The number of ether oxygens (including phenoxy) is 1. The third-order valence-corrected chi connectivity index (χ3v) is 3.00. The minimum atomic E-state index is -0.554. The van der Waals surface area contributed by atoms with Crippen molar-refractivity contribution in [3.8, 4) is 0 Å². The lowest BCUT2D eigenvalue weighted by molar-refractivity contribution is -0.124. The molecule has 21 heavy (non-hydrogen) atoms. The first-order valence-electron chi connectivity index (χ1n) is 6.38. The van der Waals surface area contributed by atoms with Gasteiger partial charge in [-0.25, -0.2) is 4.79 Å². The summed E-state index contributed by atoms with van der Waals surface area (Å²) in [7, 11) is 0. The number of hydrogen-bond acceptors (Lipinski definition) is 3. The molecule has 2 aromatic carbocycles. The number of halogens is 1. The van der Waals surface area contributed by atoms with Gasteiger partial charge in [-0.05, 0) is 29.8 Å². The summed E-state index contributed by atoms with van der Waals surface area (Å²) < 4.78 is 4.92. The number of nitrogens with one attached hydrogen (secondary N) is 1. The van der Waals surface area contributed by atoms with Gasteiger partial charge in [0.15, 0.2) is 6.61 Å². The van der Waals surface area contributed by atoms with Crippen molar-refractivity contribution in [1.82, 2.24) is 5.32 Å². The summed E-state index contributed by atoms with van der Waals surface area (Å²) in [6, 6.07) is 15.8. The SMILES string of the molecule is O=C(COC(=O)c1ccc(Cl)cc1)NCc1ccccc1. The van der Waals surface area contributed by atoms with Gasteiger partial charge in [-0.15, -0.1) is 0 Å². The highest BCUT2D eigenvalue weighted by atomic mass is 35.5. The van der Waals surface area contributed by atoms with Crippen LogP contribution in [0, 0.1) is 0 Å². The molecule has 0 atom stereocenters. The molecule has 0 saturated carbocycles. The predicted octanol–water partition coefficient (Wildman–Crippen LogP) is 2.81. The van der Waals surface area contributed by atoms with Gasteiger partial charge in [0.2, 0.25) is 0 Å². The topological polar surface area (TPSA) is 55.4 Å². The highest BCUT2D eigenvalue weighted by molar-refractivity contribution is 6.30. The quantitative estimate of drug-likeness (QED) is 0.864. The van der Waals surface area contributed by atoms with E-state index in [9.17, 15) is 9.59 Å². The van der Waals surface area contributed by atoms with Crippen LogP contribution in [0.3, 0.4) is 0 Å². The van der Waals surface area contributed by atoms with Gasteiger partial charge in [0.1, 0.15) is 0 Å². The molecule has 0 saturated heterocycles. The number of benzene rings is 2. The summed E-state index contributed by atoms with van der Waals surface area (Å²) in [6.07, 6.45) is 0. The maximum atomic E-state index is 11.7. The van der Waals surface area contributed by atoms with E-state index in [2.05, 4.69) is 5.32 Å². The largest absolute Gasteiger partial charge is 0.452 e. The van der Waals surface area contributed by atoms with Crippen LogP contribution < -0.4 is 5.32 Å². The molecule has 0 aliphatic carbocycles. The minimum absolute atomic E-state index is 0.311. The maximum absolute atomic E-state index is 11.7. The minimum Gasteiger partial charge on any atom is -0.452 e. The standard InChI is InChI=1S/C16H14ClNO3/c17-14-8-6-13(7-9-14)16(20)21-11-15(19)18-10-12-4-2-1-3-5-12/h1-9H,10-11H2,(H,18,19). The molecule has 4 nitrogen and oxygen atoms in total. The third-order valence-electron chi connectivity index (χ3n) is 2.75. The van der Waals surface area contributed by atoms with E-state index in [-0.39, 0.29) is 12.5 Å². The molecular formula is C16H14ClNO3. The Kier molecular flexibility index (Phi) is 5.35. The normalized spacial score (nSPS) is 9.95. The summed E-state index contributed by atoms with van der Waals surface area (Å²) in [4.78, 5) is 23.3. The van der Waals surface area contributed by atoms with Crippen molar-refractivity contribution in [2.75, 3.05) is 6.61 Å². The van der Waals surface area contributed by atoms with E-state index in [1.165, 1.54) is 0 Å². The molecule has 0 aromatic heterocycles. The second-order valence-electron chi connectivity index (χ2n) is 4.35. The summed E-state index contributed by atoms with van der Waals surface area (Å²) >= 11 is 5.73. The van der Waals surface area contributed by atoms with E-state index in [0.717, 1.165) is 5.56 Å². The van der Waals surface area contributed by atoms with Crippen LogP contribution in [0.5, 0.6) is 0 Å². The first-order chi connectivity index (χ1) is 10.1. The van der Waals surface area contributed by atoms with Crippen molar-refractivity contribution in [3.05, 3.63) is 70.7 Å². The zero-order valence-corrected chi connectivity index (χ0v) is 12.0. The van der Waals surface area contributed by atoms with E-state index in [1.54, 1.807) is 24.3 Å². The molecule has 0 bridgehead atoms. The van der Waals surface area contributed by atoms with Crippen LogP contribution in [0.1, 0.15) is 15.9 Å². The van der Waals surface area contributed by atoms with E-state index < -0.39 is 5.97 Å². The van der Waals surface area contributed by atoms with Crippen LogP contribution in [0.15, 0.2) is 54.6 Å². The number of carbonyl (C=O) groups is 2. The fraction of sp³-hybridized carbons (Fsp3) is 0.125. The number of esters is 1. The maximum Gasteiger partial charge on any atom is 0.338 e. The van der Waals surface area contributed by atoms with Gasteiger partial charge in [0.05, 0.1) is 5.56 Å². The number of carbonyl (C=O) groups excluding carboxylic acids is 2. The van der Waals surface area contributed by atoms with Gasteiger partial charge in [-0.2, -0.15) is 0 Å². The molecule has 0 spiro atoms. The predicted molar refractivity (Wildman–Crippen MR) is 80.0 cm³/mol. The Labute approximate surface area is 127 Å². The van der Waals surface area contributed by atoms with Crippen molar-refractivity contribution in [1.29, 1.82) is 0 Å². The van der Waals surface area contributed by atoms with Crippen LogP contribution in [-0.4, -0.2) is 18.5 Å². The molecule has 0 unspecified atom stereocenters.